The molecule has 0 aromatic heterocycles. The van der Waals surface area contributed by atoms with Crippen molar-refractivity contribution in [3.8, 4) is 0 Å². The Balaban J connectivity index is 2.05. The molecule has 4 heteroatoms. The minimum atomic E-state index is -0.398. The van der Waals surface area contributed by atoms with Gasteiger partial charge in [-0.3, -0.25) is 9.69 Å². The van der Waals surface area contributed by atoms with E-state index in [1.807, 2.05) is 25.7 Å². The highest BCUT2D eigenvalue weighted by Gasteiger charge is 2.39. The summed E-state index contributed by atoms with van der Waals surface area (Å²) in [5.41, 5.74) is 5.98. The normalized spacial score (nSPS) is 30.9. The number of carbonyl (C=O) groups excluding carboxylic acids is 1. The first-order valence-corrected chi connectivity index (χ1v) is 7.61. The maximum absolute atomic E-state index is 12.6. The molecule has 1 amide bonds. The minimum absolute atomic E-state index is 0.130. The molecule has 110 valence electrons. The van der Waals surface area contributed by atoms with E-state index in [0.717, 1.165) is 13.1 Å². The Hall–Kier alpha value is -0.610. The molecule has 4 nitrogen and oxygen atoms in total. The standard InChI is InChI=1S/C15H29N3O/c1-11-9-17-8-6-5-7-12(17)10-18(11)14(19)13(16)15(2,3)4/h11-13H,5-10,16H2,1-4H3. The molecule has 0 aliphatic carbocycles. The monoisotopic (exact) mass is 267 g/mol. The third kappa shape index (κ3) is 3.11. The number of hydrogen-bond donors (Lipinski definition) is 1. The highest BCUT2D eigenvalue weighted by molar-refractivity contribution is 5.83. The second-order valence-corrected chi connectivity index (χ2v) is 7.33. The van der Waals surface area contributed by atoms with Crippen LogP contribution in [0, 0.1) is 5.41 Å². The van der Waals surface area contributed by atoms with Crippen LogP contribution in [0.25, 0.3) is 0 Å². The average Bonchev–Trinajstić information content (AvgIpc) is 2.35. The fraction of sp³-hybridized carbons (Fsp3) is 0.933. The number of hydrogen-bond acceptors (Lipinski definition) is 3. The Bertz CT molecular complexity index is 337. The van der Waals surface area contributed by atoms with E-state index >= 15 is 0 Å². The van der Waals surface area contributed by atoms with Crippen LogP contribution in [0.15, 0.2) is 0 Å². The van der Waals surface area contributed by atoms with Crippen molar-refractivity contribution in [2.24, 2.45) is 11.1 Å². The number of piperazine rings is 1. The van der Waals surface area contributed by atoms with Crippen LogP contribution < -0.4 is 5.73 Å². The predicted molar refractivity (Wildman–Crippen MR) is 77.8 cm³/mol. The molecule has 2 N–H and O–H groups in total. The summed E-state index contributed by atoms with van der Waals surface area (Å²) < 4.78 is 0. The molecule has 2 aliphatic rings. The van der Waals surface area contributed by atoms with Gasteiger partial charge >= 0.3 is 0 Å². The molecule has 0 aromatic carbocycles. The molecule has 2 fully saturated rings. The number of nitrogens with zero attached hydrogens (tertiary/aromatic N) is 2. The molecule has 0 spiro atoms. The van der Waals surface area contributed by atoms with Gasteiger partial charge in [0.25, 0.3) is 0 Å². The van der Waals surface area contributed by atoms with Crippen LogP contribution in [-0.2, 0) is 4.79 Å². The van der Waals surface area contributed by atoms with Gasteiger partial charge in [0.2, 0.25) is 5.91 Å². The smallest absolute Gasteiger partial charge is 0.240 e. The van der Waals surface area contributed by atoms with Gasteiger partial charge in [-0.15, -0.1) is 0 Å². The molecule has 0 bridgehead atoms. The van der Waals surface area contributed by atoms with E-state index < -0.39 is 6.04 Å². The minimum Gasteiger partial charge on any atom is -0.336 e. The lowest BCUT2D eigenvalue weighted by Crippen LogP contribution is -2.63. The SMILES string of the molecule is CC1CN2CCCCC2CN1C(=O)C(N)C(C)(C)C. The Labute approximate surface area is 117 Å². The Morgan fingerprint density at radius 2 is 1.95 bits per heavy atom. The second kappa shape index (κ2) is 5.41. The summed E-state index contributed by atoms with van der Waals surface area (Å²) in [6.45, 7) is 11.3. The number of fused-ring (bicyclic) bond motifs is 1. The van der Waals surface area contributed by atoms with Crippen molar-refractivity contribution in [3.05, 3.63) is 0 Å². The maximum Gasteiger partial charge on any atom is 0.240 e. The first kappa shape index (κ1) is 14.8. The summed E-state index contributed by atoms with van der Waals surface area (Å²) in [6.07, 6.45) is 3.82. The Morgan fingerprint density at radius 3 is 2.58 bits per heavy atom. The van der Waals surface area contributed by atoms with Gasteiger partial charge in [0.1, 0.15) is 0 Å². The van der Waals surface area contributed by atoms with Crippen molar-refractivity contribution < 1.29 is 4.79 Å². The van der Waals surface area contributed by atoms with E-state index in [1.54, 1.807) is 0 Å². The lowest BCUT2D eigenvalue weighted by atomic mass is 9.85. The van der Waals surface area contributed by atoms with Crippen molar-refractivity contribution in [1.29, 1.82) is 0 Å². The van der Waals surface area contributed by atoms with Crippen molar-refractivity contribution in [1.82, 2.24) is 9.80 Å². The second-order valence-electron chi connectivity index (χ2n) is 7.33. The summed E-state index contributed by atoms with van der Waals surface area (Å²) in [4.78, 5) is 17.2. The number of carbonyl (C=O) groups is 1. The van der Waals surface area contributed by atoms with Gasteiger partial charge in [-0.25, -0.2) is 0 Å². The fourth-order valence-electron chi connectivity index (χ4n) is 3.21. The number of rotatable bonds is 1. The van der Waals surface area contributed by atoms with Gasteiger partial charge in [0.15, 0.2) is 0 Å². The summed E-state index contributed by atoms with van der Waals surface area (Å²) in [7, 11) is 0. The molecule has 0 aromatic rings. The zero-order valence-corrected chi connectivity index (χ0v) is 12.9. The van der Waals surface area contributed by atoms with E-state index in [1.165, 1.54) is 25.8 Å². The van der Waals surface area contributed by atoms with Crippen LogP contribution in [0.2, 0.25) is 0 Å². The lowest BCUT2D eigenvalue weighted by molar-refractivity contribution is -0.141. The van der Waals surface area contributed by atoms with Crippen LogP contribution in [0.3, 0.4) is 0 Å². The zero-order chi connectivity index (χ0) is 14.2. The molecular weight excluding hydrogens is 238 g/mol. The molecule has 3 atom stereocenters. The van der Waals surface area contributed by atoms with E-state index in [-0.39, 0.29) is 17.4 Å². The van der Waals surface area contributed by atoms with Crippen LogP contribution in [-0.4, -0.2) is 53.5 Å². The largest absolute Gasteiger partial charge is 0.336 e. The molecule has 0 radical (unpaired) electrons. The quantitative estimate of drug-likeness (QED) is 0.782. The molecule has 3 unspecified atom stereocenters. The molecule has 2 heterocycles. The third-order valence-corrected chi connectivity index (χ3v) is 4.67. The highest BCUT2D eigenvalue weighted by Crippen LogP contribution is 2.26. The van der Waals surface area contributed by atoms with Crippen molar-refractivity contribution >= 4 is 5.91 Å². The first-order chi connectivity index (χ1) is 8.80. The zero-order valence-electron chi connectivity index (χ0n) is 12.9. The van der Waals surface area contributed by atoms with Crippen molar-refractivity contribution in [2.75, 3.05) is 19.6 Å². The summed E-state index contributed by atoms with van der Waals surface area (Å²) in [5, 5.41) is 0. The number of amides is 1. The van der Waals surface area contributed by atoms with Gasteiger partial charge in [0.05, 0.1) is 6.04 Å². The average molecular weight is 267 g/mol. The lowest BCUT2D eigenvalue weighted by Gasteiger charge is -2.48. The van der Waals surface area contributed by atoms with E-state index in [9.17, 15) is 4.79 Å². The maximum atomic E-state index is 12.6. The van der Waals surface area contributed by atoms with Crippen LogP contribution in [0.1, 0.15) is 47.0 Å². The number of piperidine rings is 1. The van der Waals surface area contributed by atoms with E-state index in [0.29, 0.717) is 6.04 Å². The van der Waals surface area contributed by atoms with Gasteiger partial charge in [-0.2, -0.15) is 0 Å². The van der Waals surface area contributed by atoms with Crippen LogP contribution >= 0.6 is 0 Å². The number of nitrogens with two attached hydrogens (primary N) is 1. The summed E-state index contributed by atoms with van der Waals surface area (Å²) >= 11 is 0. The molecule has 0 saturated carbocycles. The first-order valence-electron chi connectivity index (χ1n) is 7.61. The molecular formula is C15H29N3O. The Morgan fingerprint density at radius 1 is 1.26 bits per heavy atom. The van der Waals surface area contributed by atoms with Gasteiger partial charge in [0, 0.05) is 25.2 Å². The van der Waals surface area contributed by atoms with E-state index in [2.05, 4.69) is 11.8 Å². The van der Waals surface area contributed by atoms with E-state index in [4.69, 9.17) is 5.73 Å². The van der Waals surface area contributed by atoms with Crippen LogP contribution in [0.4, 0.5) is 0 Å². The molecule has 2 saturated heterocycles. The molecule has 2 aliphatic heterocycles. The molecule has 19 heavy (non-hydrogen) atoms. The van der Waals surface area contributed by atoms with Crippen LogP contribution in [0.5, 0.6) is 0 Å². The van der Waals surface area contributed by atoms with Gasteiger partial charge in [-0.1, -0.05) is 27.2 Å². The Kier molecular flexibility index (Phi) is 4.21. The van der Waals surface area contributed by atoms with Gasteiger partial charge in [-0.05, 0) is 31.7 Å². The summed E-state index contributed by atoms with van der Waals surface area (Å²) in [5.74, 6) is 0.130. The summed E-state index contributed by atoms with van der Waals surface area (Å²) in [6, 6.07) is 0.446. The predicted octanol–water partition coefficient (Wildman–Crippen LogP) is 1.45. The molecule has 2 rings (SSSR count). The third-order valence-electron chi connectivity index (χ3n) is 4.67. The highest BCUT2D eigenvalue weighted by atomic mass is 16.2. The van der Waals surface area contributed by atoms with Crippen molar-refractivity contribution in [2.45, 2.75) is 65.1 Å². The fourth-order valence-corrected chi connectivity index (χ4v) is 3.21. The van der Waals surface area contributed by atoms with Crippen molar-refractivity contribution in [3.63, 3.8) is 0 Å². The topological polar surface area (TPSA) is 49.6 Å². The van der Waals surface area contributed by atoms with Gasteiger partial charge < -0.3 is 10.6 Å².